The Labute approximate surface area is 177 Å². The number of fused-ring (bicyclic) bond motifs is 1. The molecule has 1 aromatic heterocycles. The topological polar surface area (TPSA) is 75.9 Å². The molecule has 5 rings (SSSR count). The van der Waals surface area contributed by atoms with Gasteiger partial charge in [0.25, 0.3) is 0 Å². The van der Waals surface area contributed by atoms with Crippen LogP contribution < -0.4 is 0 Å². The second-order valence-electron chi connectivity index (χ2n) is 9.51. The molecule has 0 aromatic carbocycles. The van der Waals surface area contributed by atoms with Gasteiger partial charge in [-0.05, 0) is 26.7 Å². The van der Waals surface area contributed by atoms with Crippen LogP contribution in [0.1, 0.15) is 55.5 Å². The summed E-state index contributed by atoms with van der Waals surface area (Å²) in [5.41, 5.74) is 1.10. The minimum atomic E-state index is -0.627. The summed E-state index contributed by atoms with van der Waals surface area (Å²) in [6.45, 7) is 4.75. The van der Waals surface area contributed by atoms with Crippen LogP contribution in [0.5, 0.6) is 0 Å². The van der Waals surface area contributed by atoms with Gasteiger partial charge < -0.3 is 19.1 Å². The highest BCUT2D eigenvalue weighted by Gasteiger charge is 2.67. The molecular formula is C23H31N3O4. The molecule has 3 aliphatic heterocycles. The summed E-state index contributed by atoms with van der Waals surface area (Å²) >= 11 is 0. The van der Waals surface area contributed by atoms with Crippen molar-refractivity contribution in [2.75, 3.05) is 13.6 Å². The Kier molecular flexibility index (Phi) is 4.76. The highest BCUT2D eigenvalue weighted by Crippen LogP contribution is 2.53. The number of hydrogen-bond acceptors (Lipinski definition) is 5. The first-order valence-corrected chi connectivity index (χ1v) is 11.3. The van der Waals surface area contributed by atoms with Gasteiger partial charge in [-0.3, -0.25) is 9.59 Å². The Balaban J connectivity index is 1.37. The van der Waals surface area contributed by atoms with Gasteiger partial charge in [0.05, 0.1) is 36.7 Å². The summed E-state index contributed by atoms with van der Waals surface area (Å²) in [7, 11) is 1.79. The molecule has 1 saturated carbocycles. The van der Waals surface area contributed by atoms with Crippen LogP contribution >= 0.6 is 0 Å². The quantitative estimate of drug-likeness (QED) is 0.560. The summed E-state index contributed by atoms with van der Waals surface area (Å²) in [5, 5.41) is 3.99. The molecule has 3 fully saturated rings. The number of carbonyl (C=O) groups excluding carboxylic acids is 2. The van der Waals surface area contributed by atoms with Crippen molar-refractivity contribution in [2.45, 2.75) is 76.7 Å². The van der Waals surface area contributed by atoms with Crippen molar-refractivity contribution in [3.63, 3.8) is 0 Å². The Morgan fingerprint density at radius 1 is 1.27 bits per heavy atom. The molecule has 162 valence electrons. The average Bonchev–Trinajstić information content (AvgIpc) is 3.38. The molecular weight excluding hydrogens is 382 g/mol. The number of rotatable bonds is 4. The molecule has 7 heteroatoms. The summed E-state index contributed by atoms with van der Waals surface area (Å²) in [4.78, 5) is 30.8. The first-order chi connectivity index (χ1) is 14.4. The van der Waals surface area contributed by atoms with Gasteiger partial charge in [0, 0.05) is 18.7 Å². The van der Waals surface area contributed by atoms with E-state index in [1.807, 2.05) is 24.8 Å². The molecule has 1 aliphatic carbocycles. The molecule has 4 atom stereocenters. The van der Waals surface area contributed by atoms with E-state index in [4.69, 9.17) is 9.26 Å². The molecule has 1 spiro atoms. The van der Waals surface area contributed by atoms with Crippen LogP contribution in [0.4, 0.5) is 0 Å². The Bertz CT molecular complexity index is 866. The zero-order valence-electron chi connectivity index (χ0n) is 18.1. The number of nitrogens with zero attached hydrogens (tertiary/aromatic N) is 3. The normalized spacial score (nSPS) is 33.2. The van der Waals surface area contributed by atoms with Gasteiger partial charge in [-0.15, -0.1) is 0 Å². The zero-order valence-corrected chi connectivity index (χ0v) is 18.1. The number of aromatic nitrogens is 1. The van der Waals surface area contributed by atoms with Crippen molar-refractivity contribution >= 4 is 11.8 Å². The standard InChI is InChI=1S/C23H31N3O4/c1-14-17(15(2)30-24-14)12-25(3)21(27)19-18-10-11-23(29-18)13-26(22(28)20(19)23)16-8-6-4-5-7-9-16/h10-11,16,18-20H,4-9,12-13H2,1-3H3/t18-,19?,20?,23-/m0/s1. The van der Waals surface area contributed by atoms with Gasteiger partial charge >= 0.3 is 0 Å². The van der Waals surface area contributed by atoms with E-state index in [9.17, 15) is 9.59 Å². The van der Waals surface area contributed by atoms with E-state index in [0.717, 1.165) is 29.9 Å². The minimum Gasteiger partial charge on any atom is -0.361 e. The summed E-state index contributed by atoms with van der Waals surface area (Å²) in [5.74, 6) is -0.0616. The van der Waals surface area contributed by atoms with Crippen molar-refractivity contribution in [3.05, 3.63) is 29.2 Å². The van der Waals surface area contributed by atoms with Crippen molar-refractivity contribution in [3.8, 4) is 0 Å². The Morgan fingerprint density at radius 3 is 2.67 bits per heavy atom. The van der Waals surface area contributed by atoms with Crippen molar-refractivity contribution < 1.29 is 18.8 Å². The van der Waals surface area contributed by atoms with E-state index >= 15 is 0 Å². The molecule has 2 bridgehead atoms. The fourth-order valence-corrected chi connectivity index (χ4v) is 5.99. The molecule has 2 saturated heterocycles. The molecule has 2 amide bonds. The summed E-state index contributed by atoms with van der Waals surface area (Å²) in [6.07, 6.45) is 10.7. The van der Waals surface area contributed by atoms with Crippen molar-refractivity contribution in [1.82, 2.24) is 15.0 Å². The number of carbonyl (C=O) groups is 2. The lowest BCUT2D eigenvalue weighted by molar-refractivity contribution is -0.143. The third-order valence-corrected chi connectivity index (χ3v) is 7.63. The van der Waals surface area contributed by atoms with Gasteiger partial charge in [0.15, 0.2) is 0 Å². The van der Waals surface area contributed by atoms with Crippen LogP contribution in [0.2, 0.25) is 0 Å². The highest BCUT2D eigenvalue weighted by molar-refractivity contribution is 5.93. The van der Waals surface area contributed by atoms with Crippen LogP contribution in [0.3, 0.4) is 0 Å². The number of likely N-dealkylation sites (tertiary alicyclic amines) is 1. The first-order valence-electron chi connectivity index (χ1n) is 11.3. The molecule has 7 nitrogen and oxygen atoms in total. The van der Waals surface area contributed by atoms with Gasteiger partial charge in [-0.2, -0.15) is 0 Å². The second kappa shape index (κ2) is 7.22. The zero-order chi connectivity index (χ0) is 21.0. The number of amides is 2. The number of aryl methyl sites for hydroxylation is 2. The van der Waals surface area contributed by atoms with E-state index in [0.29, 0.717) is 13.1 Å². The highest BCUT2D eigenvalue weighted by atomic mass is 16.5. The van der Waals surface area contributed by atoms with E-state index in [2.05, 4.69) is 11.2 Å². The van der Waals surface area contributed by atoms with Gasteiger partial charge in [-0.1, -0.05) is 43.0 Å². The average molecular weight is 414 g/mol. The molecule has 4 aliphatic rings. The predicted molar refractivity (Wildman–Crippen MR) is 109 cm³/mol. The number of hydrogen-bond donors (Lipinski definition) is 0. The van der Waals surface area contributed by atoms with E-state index in [1.165, 1.54) is 25.7 Å². The van der Waals surface area contributed by atoms with E-state index in [1.54, 1.807) is 11.9 Å². The van der Waals surface area contributed by atoms with Crippen LogP contribution in [0.25, 0.3) is 0 Å². The Hall–Kier alpha value is -2.15. The summed E-state index contributed by atoms with van der Waals surface area (Å²) in [6, 6.07) is 0.284. The molecule has 1 aromatic rings. The molecule has 2 unspecified atom stereocenters. The third-order valence-electron chi connectivity index (χ3n) is 7.63. The van der Waals surface area contributed by atoms with Crippen LogP contribution in [-0.4, -0.2) is 58.1 Å². The monoisotopic (exact) mass is 413 g/mol. The van der Waals surface area contributed by atoms with Crippen LogP contribution in [-0.2, 0) is 20.9 Å². The van der Waals surface area contributed by atoms with Crippen LogP contribution in [0.15, 0.2) is 16.7 Å². The van der Waals surface area contributed by atoms with Gasteiger partial charge in [0.1, 0.15) is 11.4 Å². The molecule has 4 heterocycles. The fourth-order valence-electron chi connectivity index (χ4n) is 5.99. The number of ether oxygens (including phenoxy) is 1. The maximum absolute atomic E-state index is 13.6. The minimum absolute atomic E-state index is 0.0349. The molecule has 0 radical (unpaired) electrons. The largest absolute Gasteiger partial charge is 0.361 e. The van der Waals surface area contributed by atoms with E-state index < -0.39 is 17.4 Å². The maximum atomic E-state index is 13.6. The van der Waals surface area contributed by atoms with Gasteiger partial charge in [-0.25, -0.2) is 0 Å². The van der Waals surface area contributed by atoms with Gasteiger partial charge in [0.2, 0.25) is 11.8 Å². The smallest absolute Gasteiger partial charge is 0.230 e. The predicted octanol–water partition coefficient (Wildman–Crippen LogP) is 2.75. The Morgan fingerprint density at radius 2 is 2.00 bits per heavy atom. The third kappa shape index (κ3) is 2.93. The van der Waals surface area contributed by atoms with Crippen molar-refractivity contribution in [1.29, 1.82) is 0 Å². The first kappa shape index (κ1) is 19.8. The maximum Gasteiger partial charge on any atom is 0.230 e. The molecule has 0 N–H and O–H groups in total. The summed E-state index contributed by atoms with van der Waals surface area (Å²) < 4.78 is 11.6. The fraction of sp³-hybridized carbons (Fsp3) is 0.696. The molecule has 30 heavy (non-hydrogen) atoms. The second-order valence-corrected chi connectivity index (χ2v) is 9.51. The lowest BCUT2D eigenvalue weighted by Crippen LogP contribution is -2.45. The van der Waals surface area contributed by atoms with Crippen molar-refractivity contribution in [2.24, 2.45) is 11.8 Å². The SMILES string of the molecule is Cc1noc(C)c1CN(C)C(=O)C1C2C(=O)N(C3CCCCCC3)C[C@@]23C=C[C@@H]1O3. The lowest BCUT2D eigenvalue weighted by Gasteiger charge is -2.30. The lowest BCUT2D eigenvalue weighted by atomic mass is 9.76. The van der Waals surface area contributed by atoms with Crippen LogP contribution in [0, 0.1) is 25.7 Å². The van der Waals surface area contributed by atoms with E-state index in [-0.39, 0.29) is 24.0 Å².